The first-order chi connectivity index (χ1) is 10.5. The third-order valence-electron chi connectivity index (χ3n) is 2.76. The van der Waals surface area contributed by atoms with Crippen molar-refractivity contribution < 1.29 is 23.6 Å². The van der Waals surface area contributed by atoms with Crippen LogP contribution < -0.4 is 9.47 Å². The number of carbonyl (C=O) groups is 1. The summed E-state index contributed by atoms with van der Waals surface area (Å²) in [7, 11) is 1.31. The maximum absolute atomic E-state index is 13.5. The van der Waals surface area contributed by atoms with E-state index in [2.05, 4.69) is 4.98 Å². The average Bonchev–Trinajstić information content (AvgIpc) is 2.52. The van der Waals surface area contributed by atoms with Gasteiger partial charge in [-0.2, -0.15) is 0 Å². The normalized spacial score (nSPS) is 10.1. The summed E-state index contributed by atoms with van der Waals surface area (Å²) in [5.74, 6) is -1.81. The van der Waals surface area contributed by atoms with Crippen LogP contribution in [0, 0.1) is 15.9 Å². The number of carbonyl (C=O) groups excluding carboxylic acids is 1. The van der Waals surface area contributed by atoms with E-state index in [0.29, 0.717) is 0 Å². The van der Waals surface area contributed by atoms with E-state index in [4.69, 9.17) is 9.47 Å². The zero-order chi connectivity index (χ0) is 16.1. The number of Topliss-reactive ketones (excluding diaryl/α,β-unsaturated/α-hetero) is 1. The molecule has 2 aromatic rings. The molecule has 0 amide bonds. The van der Waals surface area contributed by atoms with Crippen LogP contribution in [0.15, 0.2) is 36.5 Å². The lowest BCUT2D eigenvalue weighted by Crippen LogP contribution is -2.13. The minimum atomic E-state index is -0.715. The molecular weight excluding hydrogens is 295 g/mol. The number of methoxy groups -OCH3 is 1. The quantitative estimate of drug-likeness (QED) is 0.462. The van der Waals surface area contributed by atoms with Crippen LogP contribution in [-0.4, -0.2) is 29.4 Å². The Morgan fingerprint density at radius 2 is 2.14 bits per heavy atom. The average molecular weight is 306 g/mol. The van der Waals surface area contributed by atoms with Gasteiger partial charge in [-0.1, -0.05) is 0 Å². The van der Waals surface area contributed by atoms with Crippen molar-refractivity contribution >= 4 is 11.6 Å². The molecule has 114 valence electrons. The monoisotopic (exact) mass is 306 g/mol. The van der Waals surface area contributed by atoms with Crippen molar-refractivity contribution in [2.45, 2.75) is 0 Å². The van der Waals surface area contributed by atoms with E-state index in [1.54, 1.807) is 0 Å². The molecule has 0 unspecified atom stereocenters. The van der Waals surface area contributed by atoms with Gasteiger partial charge in [0.05, 0.1) is 7.11 Å². The number of rotatable bonds is 6. The molecule has 0 saturated carbocycles. The predicted molar refractivity (Wildman–Crippen MR) is 73.7 cm³/mol. The van der Waals surface area contributed by atoms with Crippen LogP contribution >= 0.6 is 0 Å². The Morgan fingerprint density at radius 1 is 1.36 bits per heavy atom. The number of halogens is 1. The highest BCUT2D eigenvalue weighted by molar-refractivity contribution is 5.97. The summed E-state index contributed by atoms with van der Waals surface area (Å²) in [5.41, 5.74) is 0.0739. The van der Waals surface area contributed by atoms with E-state index in [-0.39, 0.29) is 17.1 Å². The number of pyridine rings is 1. The van der Waals surface area contributed by atoms with Gasteiger partial charge in [-0.3, -0.25) is 4.79 Å². The Hall–Kier alpha value is -3.03. The number of nitro groups is 1. The minimum Gasteiger partial charge on any atom is -0.494 e. The van der Waals surface area contributed by atoms with Crippen molar-refractivity contribution in [1.29, 1.82) is 0 Å². The first-order valence-corrected chi connectivity index (χ1v) is 6.12. The topological polar surface area (TPSA) is 91.6 Å². The van der Waals surface area contributed by atoms with Crippen molar-refractivity contribution in [1.82, 2.24) is 4.98 Å². The molecule has 1 aromatic carbocycles. The van der Waals surface area contributed by atoms with Crippen LogP contribution in [0.1, 0.15) is 10.4 Å². The molecule has 0 saturated heterocycles. The van der Waals surface area contributed by atoms with Crippen LogP contribution in [0.3, 0.4) is 0 Å². The fourth-order valence-corrected chi connectivity index (χ4v) is 1.70. The third-order valence-corrected chi connectivity index (χ3v) is 2.76. The molecule has 8 heteroatoms. The van der Waals surface area contributed by atoms with Crippen molar-refractivity contribution in [3.63, 3.8) is 0 Å². The molecular formula is C14H11FN2O5. The second-order valence-corrected chi connectivity index (χ2v) is 4.14. The van der Waals surface area contributed by atoms with E-state index in [1.807, 2.05) is 0 Å². The molecule has 0 N–H and O–H groups in total. The first kappa shape index (κ1) is 15.4. The van der Waals surface area contributed by atoms with Gasteiger partial charge in [0.25, 0.3) is 0 Å². The Labute approximate surface area is 124 Å². The lowest BCUT2D eigenvalue weighted by Gasteiger charge is -2.07. The van der Waals surface area contributed by atoms with Crippen LogP contribution in [0.25, 0.3) is 0 Å². The van der Waals surface area contributed by atoms with Gasteiger partial charge >= 0.3 is 5.82 Å². The number of ketones is 1. The van der Waals surface area contributed by atoms with Crippen molar-refractivity contribution in [2.75, 3.05) is 13.7 Å². The minimum absolute atomic E-state index is 0.0142. The second-order valence-electron chi connectivity index (χ2n) is 4.14. The predicted octanol–water partition coefficient (Wildman–Crippen LogP) is 2.40. The van der Waals surface area contributed by atoms with Crippen LogP contribution in [-0.2, 0) is 0 Å². The van der Waals surface area contributed by atoms with Gasteiger partial charge in [-0.25, -0.2) is 4.39 Å². The van der Waals surface area contributed by atoms with E-state index < -0.39 is 28.9 Å². The Kier molecular flexibility index (Phi) is 4.62. The molecule has 2 rings (SSSR count). The van der Waals surface area contributed by atoms with Gasteiger partial charge in [0.1, 0.15) is 6.20 Å². The molecule has 0 radical (unpaired) electrons. The molecule has 1 heterocycles. The smallest absolute Gasteiger partial charge is 0.406 e. The lowest BCUT2D eigenvalue weighted by atomic mass is 10.1. The lowest BCUT2D eigenvalue weighted by molar-refractivity contribution is -0.390. The SMILES string of the molecule is COc1ccc(C(=O)COc2cccnc2[N+](=O)[O-])cc1F. The highest BCUT2D eigenvalue weighted by Crippen LogP contribution is 2.23. The largest absolute Gasteiger partial charge is 0.494 e. The summed E-state index contributed by atoms with van der Waals surface area (Å²) < 4.78 is 23.4. The van der Waals surface area contributed by atoms with Crippen LogP contribution in [0.2, 0.25) is 0 Å². The molecule has 0 aliphatic rings. The number of nitrogens with zero attached hydrogens (tertiary/aromatic N) is 2. The zero-order valence-electron chi connectivity index (χ0n) is 11.5. The van der Waals surface area contributed by atoms with Gasteiger partial charge in [0.2, 0.25) is 5.75 Å². The summed E-state index contributed by atoms with van der Waals surface area (Å²) >= 11 is 0. The second kappa shape index (κ2) is 6.61. The molecule has 0 aliphatic heterocycles. The third kappa shape index (κ3) is 3.35. The summed E-state index contributed by atoms with van der Waals surface area (Å²) in [6.07, 6.45) is 1.24. The standard InChI is InChI=1S/C14H11FN2O5/c1-21-12-5-4-9(7-10(12)15)11(18)8-22-13-3-2-6-16-14(13)17(19)20/h2-7H,8H2,1H3. The highest BCUT2D eigenvalue weighted by atomic mass is 19.1. The maximum Gasteiger partial charge on any atom is 0.406 e. The highest BCUT2D eigenvalue weighted by Gasteiger charge is 2.17. The Balaban J connectivity index is 2.10. The summed E-state index contributed by atoms with van der Waals surface area (Å²) in [6, 6.07) is 6.48. The number of ether oxygens (including phenoxy) is 2. The van der Waals surface area contributed by atoms with Crippen LogP contribution in [0.4, 0.5) is 10.2 Å². The maximum atomic E-state index is 13.5. The summed E-state index contributed by atoms with van der Waals surface area (Å²) in [5, 5.41) is 10.8. The number of benzene rings is 1. The first-order valence-electron chi connectivity index (χ1n) is 6.12. The molecule has 0 bridgehead atoms. The number of hydrogen-bond donors (Lipinski definition) is 0. The fraction of sp³-hybridized carbons (Fsp3) is 0.143. The molecule has 0 spiro atoms. The molecule has 22 heavy (non-hydrogen) atoms. The van der Waals surface area contributed by atoms with Gasteiger partial charge < -0.3 is 19.6 Å². The molecule has 0 atom stereocenters. The molecule has 0 fully saturated rings. The number of hydrogen-bond acceptors (Lipinski definition) is 6. The van der Waals surface area contributed by atoms with E-state index in [0.717, 1.165) is 6.07 Å². The summed E-state index contributed by atoms with van der Waals surface area (Å²) in [6.45, 7) is -0.474. The Morgan fingerprint density at radius 3 is 2.77 bits per heavy atom. The number of aromatic nitrogens is 1. The van der Waals surface area contributed by atoms with Crippen molar-refractivity contribution in [2.24, 2.45) is 0 Å². The van der Waals surface area contributed by atoms with E-state index in [9.17, 15) is 19.3 Å². The molecule has 7 nitrogen and oxygen atoms in total. The zero-order valence-corrected chi connectivity index (χ0v) is 11.5. The molecule has 0 aliphatic carbocycles. The van der Waals surface area contributed by atoms with Gasteiger partial charge in [-0.15, -0.1) is 0 Å². The van der Waals surface area contributed by atoms with Crippen LogP contribution in [0.5, 0.6) is 11.5 Å². The molecule has 1 aromatic heterocycles. The van der Waals surface area contributed by atoms with Gasteiger partial charge in [-0.05, 0) is 40.2 Å². The fourth-order valence-electron chi connectivity index (χ4n) is 1.70. The summed E-state index contributed by atoms with van der Waals surface area (Å²) in [4.78, 5) is 25.5. The van der Waals surface area contributed by atoms with E-state index >= 15 is 0 Å². The Bertz CT molecular complexity index is 720. The van der Waals surface area contributed by atoms with E-state index in [1.165, 1.54) is 37.6 Å². The van der Waals surface area contributed by atoms with Crippen molar-refractivity contribution in [3.8, 4) is 11.5 Å². The van der Waals surface area contributed by atoms with Gasteiger partial charge in [0, 0.05) is 5.56 Å². The van der Waals surface area contributed by atoms with Crippen molar-refractivity contribution in [3.05, 3.63) is 58.0 Å². The van der Waals surface area contributed by atoms with Gasteiger partial charge in [0.15, 0.2) is 24.0 Å².